The van der Waals surface area contributed by atoms with E-state index in [1.807, 2.05) is 24.3 Å². The highest BCUT2D eigenvalue weighted by molar-refractivity contribution is 9.10. The molecule has 5 nitrogen and oxygen atoms in total. The maximum atomic E-state index is 11.6. The van der Waals surface area contributed by atoms with E-state index in [4.69, 9.17) is 10.1 Å². The number of anilines is 1. The lowest BCUT2D eigenvalue weighted by molar-refractivity contribution is -0.135. The Morgan fingerprint density at radius 1 is 1.42 bits per heavy atom. The van der Waals surface area contributed by atoms with Crippen molar-refractivity contribution in [2.75, 3.05) is 12.0 Å². The van der Waals surface area contributed by atoms with Gasteiger partial charge in [0.15, 0.2) is 0 Å². The summed E-state index contributed by atoms with van der Waals surface area (Å²) in [6.07, 6.45) is 0. The quantitative estimate of drug-likeness (QED) is 0.367. The number of hydrogen-bond donors (Lipinski definition) is 2. The van der Waals surface area contributed by atoms with Gasteiger partial charge in [0.25, 0.3) is 0 Å². The highest BCUT2D eigenvalue weighted by atomic mass is 79.9. The Hall–Kier alpha value is -1.40. The average molecular weight is 349 g/mol. The fourth-order valence-corrected chi connectivity index (χ4v) is 1.40. The van der Waals surface area contributed by atoms with Crippen molar-refractivity contribution in [1.29, 1.82) is 0 Å². The van der Waals surface area contributed by atoms with Gasteiger partial charge < -0.3 is 17.1 Å². The summed E-state index contributed by atoms with van der Waals surface area (Å²) in [4.78, 5) is 11.6. The van der Waals surface area contributed by atoms with Crippen LogP contribution in [0.15, 0.2) is 33.8 Å². The van der Waals surface area contributed by atoms with Crippen molar-refractivity contribution in [2.24, 2.45) is 5.10 Å². The Balaban J connectivity index is 0.00000324. The minimum Gasteiger partial charge on any atom is -1.00 e. The van der Waals surface area contributed by atoms with Crippen molar-refractivity contribution < 1.29 is 27.3 Å². The summed E-state index contributed by atoms with van der Waals surface area (Å²) in [5.41, 5.74) is 3.90. The molecule has 1 aromatic carbocycles. The largest absolute Gasteiger partial charge is 1.00 e. The van der Waals surface area contributed by atoms with Crippen LogP contribution in [0, 0.1) is 0 Å². The summed E-state index contributed by atoms with van der Waals surface area (Å²) in [6.45, 7) is 3.60. The molecule has 0 heterocycles. The number of nitrogens with two attached hydrogens (primary N) is 1. The van der Waals surface area contributed by atoms with Gasteiger partial charge in [0.2, 0.25) is 11.4 Å². The maximum Gasteiger partial charge on any atom is 0.365 e. The molecule has 0 radical (unpaired) electrons. The molecule has 1 rings (SSSR count). The van der Waals surface area contributed by atoms with Crippen LogP contribution >= 0.6 is 15.9 Å². The topological polar surface area (TPSA) is 76.3 Å². The zero-order chi connectivity index (χ0) is 13.5. The minimum absolute atomic E-state index is 0. The summed E-state index contributed by atoms with van der Waals surface area (Å²) >= 11 is 3.33. The number of halogens is 2. The van der Waals surface area contributed by atoms with E-state index in [1.54, 1.807) is 13.8 Å². The van der Waals surface area contributed by atoms with Crippen molar-refractivity contribution in [3.63, 3.8) is 0 Å². The average Bonchev–Trinajstić information content (AvgIpc) is 2.31. The number of nitrogens with zero attached hydrogens (tertiary/aromatic N) is 1. The van der Waals surface area contributed by atoms with E-state index in [9.17, 15) is 4.79 Å². The molecule has 0 aromatic heterocycles. The van der Waals surface area contributed by atoms with Crippen LogP contribution in [0.4, 0.5) is 5.69 Å². The van der Waals surface area contributed by atoms with E-state index in [-0.39, 0.29) is 24.7 Å². The van der Waals surface area contributed by atoms with Crippen LogP contribution in [0.2, 0.25) is 0 Å². The van der Waals surface area contributed by atoms with E-state index in [2.05, 4.69) is 26.5 Å². The summed E-state index contributed by atoms with van der Waals surface area (Å²) in [5, 5.41) is 9.55. The number of esters is 1. The summed E-state index contributed by atoms with van der Waals surface area (Å²) in [5.74, 6) is -0.540. The molecule has 0 unspecified atom stereocenters. The molecule has 0 saturated heterocycles. The predicted octanol–water partition coefficient (Wildman–Crippen LogP) is -2.00. The summed E-state index contributed by atoms with van der Waals surface area (Å²) in [6, 6.07) is 7.37. The van der Waals surface area contributed by atoms with Crippen LogP contribution in [0.1, 0.15) is 13.8 Å². The number of hydrogen-bond acceptors (Lipinski definition) is 4. The lowest BCUT2D eigenvalue weighted by atomic mass is 10.2. The highest BCUT2D eigenvalue weighted by Crippen LogP contribution is 2.13. The van der Waals surface area contributed by atoms with E-state index in [1.165, 1.54) is 0 Å². The molecule has 19 heavy (non-hydrogen) atoms. The Kier molecular flexibility index (Phi) is 8.02. The first-order valence-corrected chi connectivity index (χ1v) is 6.19. The standard InChI is InChI=1S/C12H14BrN3O2.ClH/c1-3-18-12(17)11(8(2)14)16-15-10-6-4-9(13)5-7-10;/h4-7,14-15H,3H2,1-2H3;1H/b14-8?,16-11-;. The van der Waals surface area contributed by atoms with E-state index in [0.717, 1.165) is 10.2 Å². The van der Waals surface area contributed by atoms with Crippen molar-refractivity contribution in [2.45, 2.75) is 13.8 Å². The first-order chi connectivity index (χ1) is 8.54. The van der Waals surface area contributed by atoms with Crippen molar-refractivity contribution in [3.8, 4) is 0 Å². The minimum atomic E-state index is -0.540. The van der Waals surface area contributed by atoms with Gasteiger partial charge in [-0.25, -0.2) is 4.79 Å². The van der Waals surface area contributed by atoms with Gasteiger partial charge in [-0.2, -0.15) is 5.10 Å². The van der Waals surface area contributed by atoms with Gasteiger partial charge in [0.05, 0.1) is 12.3 Å². The van der Waals surface area contributed by atoms with Gasteiger partial charge in [-0.1, -0.05) is 15.9 Å². The Morgan fingerprint density at radius 2 is 2.00 bits per heavy atom. The molecule has 1 aromatic rings. The van der Waals surface area contributed by atoms with Crippen LogP contribution in [0.25, 0.3) is 0 Å². The number of hydrazone groups is 1. The second-order valence-corrected chi connectivity index (χ2v) is 4.40. The second-order valence-electron chi connectivity index (χ2n) is 3.48. The monoisotopic (exact) mass is 347 g/mol. The predicted molar refractivity (Wildman–Crippen MR) is 74.4 cm³/mol. The number of carbonyl (C=O) groups excluding carboxylic acids is 1. The van der Waals surface area contributed by atoms with E-state index in [0.29, 0.717) is 5.71 Å². The Morgan fingerprint density at radius 3 is 2.47 bits per heavy atom. The molecule has 0 bridgehead atoms. The molecule has 0 saturated carbocycles. The highest BCUT2D eigenvalue weighted by Gasteiger charge is 2.19. The fraction of sp³-hybridized carbons (Fsp3) is 0.250. The third-order valence-corrected chi connectivity index (χ3v) is 2.51. The molecule has 0 fully saturated rings. The third kappa shape index (κ3) is 5.85. The summed E-state index contributed by atoms with van der Waals surface area (Å²) in [7, 11) is 0. The first kappa shape index (κ1) is 17.6. The summed E-state index contributed by atoms with van der Waals surface area (Å²) < 4.78 is 5.82. The van der Waals surface area contributed by atoms with Crippen LogP contribution in [-0.4, -0.2) is 24.0 Å². The molecular weight excluding hydrogens is 334 g/mol. The SMILES string of the molecule is CCOC(=O)/C(=N\Nc1ccc(Br)cc1)C(C)=[NH2+].[Cl-]. The van der Waals surface area contributed by atoms with E-state index < -0.39 is 5.97 Å². The molecule has 0 aliphatic carbocycles. The molecule has 0 aliphatic heterocycles. The van der Waals surface area contributed by atoms with Crippen LogP contribution in [-0.2, 0) is 9.53 Å². The number of benzene rings is 1. The van der Waals surface area contributed by atoms with Gasteiger partial charge in [-0.05, 0) is 31.2 Å². The fourth-order valence-electron chi connectivity index (χ4n) is 1.14. The number of nitrogens with one attached hydrogen (secondary N) is 1. The van der Waals surface area contributed by atoms with Gasteiger partial charge in [-0.15, -0.1) is 0 Å². The van der Waals surface area contributed by atoms with Crippen molar-refractivity contribution >= 4 is 39.0 Å². The zero-order valence-electron chi connectivity index (χ0n) is 10.6. The second kappa shape index (κ2) is 8.66. The lowest BCUT2D eigenvalue weighted by Gasteiger charge is -2.04. The normalized spacial score (nSPS) is 10.4. The molecule has 0 amide bonds. The first-order valence-electron chi connectivity index (χ1n) is 5.40. The zero-order valence-corrected chi connectivity index (χ0v) is 13.0. The van der Waals surface area contributed by atoms with Gasteiger partial charge in [0.1, 0.15) is 0 Å². The lowest BCUT2D eigenvalue weighted by Crippen LogP contribution is -3.00. The van der Waals surface area contributed by atoms with Crippen LogP contribution in [0.3, 0.4) is 0 Å². The maximum absolute atomic E-state index is 11.6. The molecule has 0 atom stereocenters. The van der Waals surface area contributed by atoms with Crippen LogP contribution < -0.4 is 23.2 Å². The van der Waals surface area contributed by atoms with E-state index >= 15 is 0 Å². The Labute approximate surface area is 126 Å². The number of ether oxygens (including phenoxy) is 1. The van der Waals surface area contributed by atoms with Crippen LogP contribution in [0.5, 0.6) is 0 Å². The van der Waals surface area contributed by atoms with Crippen molar-refractivity contribution in [3.05, 3.63) is 28.7 Å². The smallest absolute Gasteiger partial charge is 0.365 e. The van der Waals surface area contributed by atoms with Gasteiger partial charge in [0, 0.05) is 11.4 Å². The molecule has 0 aliphatic rings. The molecule has 3 N–H and O–H groups in total. The molecule has 0 spiro atoms. The Bertz CT molecular complexity index is 474. The molecule has 104 valence electrons. The number of rotatable bonds is 5. The number of carbonyl (C=O) groups is 1. The third-order valence-electron chi connectivity index (χ3n) is 1.98. The molecule has 7 heteroatoms. The van der Waals surface area contributed by atoms with Gasteiger partial charge >= 0.3 is 5.97 Å². The molecular formula is C12H15BrClN3O2. The van der Waals surface area contributed by atoms with Crippen molar-refractivity contribution in [1.82, 2.24) is 0 Å². The van der Waals surface area contributed by atoms with Gasteiger partial charge in [-0.3, -0.25) is 10.8 Å².